The summed E-state index contributed by atoms with van der Waals surface area (Å²) in [5.74, 6) is -0.734. The van der Waals surface area contributed by atoms with Crippen LogP contribution in [0.2, 0.25) is 0 Å². The van der Waals surface area contributed by atoms with Gasteiger partial charge in [-0.3, -0.25) is 9.59 Å². The zero-order chi connectivity index (χ0) is 12.0. The van der Waals surface area contributed by atoms with E-state index in [1.54, 1.807) is 0 Å². The van der Waals surface area contributed by atoms with Crippen molar-refractivity contribution in [1.29, 1.82) is 0 Å². The molecule has 1 aromatic rings. The van der Waals surface area contributed by atoms with E-state index in [0.29, 0.717) is 0 Å². The molecule has 0 saturated carbocycles. The summed E-state index contributed by atoms with van der Waals surface area (Å²) in [7, 11) is 0. The van der Waals surface area contributed by atoms with E-state index in [0.717, 1.165) is 5.56 Å². The summed E-state index contributed by atoms with van der Waals surface area (Å²) in [5.41, 5.74) is 0.842. The molecule has 3 nitrogen and oxygen atoms in total. The van der Waals surface area contributed by atoms with Gasteiger partial charge in [-0.15, -0.1) is 0 Å². The van der Waals surface area contributed by atoms with Crippen LogP contribution in [-0.4, -0.2) is 11.8 Å². The first-order valence-electron chi connectivity index (χ1n) is 5.00. The maximum absolute atomic E-state index is 11.3. The number of Topliss-reactive ketones (excluding diaryl/α,β-unsaturated/α-hetero) is 1. The van der Waals surface area contributed by atoms with Crippen LogP contribution in [0.25, 0.3) is 0 Å². The Morgan fingerprint density at radius 2 is 2.00 bits per heavy atom. The van der Waals surface area contributed by atoms with Crippen molar-refractivity contribution in [2.24, 2.45) is 0 Å². The van der Waals surface area contributed by atoms with E-state index in [-0.39, 0.29) is 12.2 Å². The standard InChI is InChI=1S/C13H14O3/c1-3-12(11-7-5-4-6-8-11)16-13(15)9-10(2)14/h3-8,12H,1,9H2,2H3. The van der Waals surface area contributed by atoms with E-state index in [4.69, 9.17) is 4.74 Å². The van der Waals surface area contributed by atoms with Crippen molar-refractivity contribution >= 4 is 11.8 Å². The molecule has 0 aliphatic heterocycles. The van der Waals surface area contributed by atoms with Crippen LogP contribution in [0.4, 0.5) is 0 Å². The molecule has 0 N–H and O–H groups in total. The fraction of sp³-hybridized carbons (Fsp3) is 0.231. The molecule has 0 bridgehead atoms. The highest BCUT2D eigenvalue weighted by atomic mass is 16.5. The molecule has 84 valence electrons. The summed E-state index contributed by atoms with van der Waals surface area (Å²) < 4.78 is 5.12. The minimum absolute atomic E-state index is 0.197. The molecule has 0 amide bonds. The molecule has 0 fully saturated rings. The Morgan fingerprint density at radius 3 is 2.50 bits per heavy atom. The molecule has 1 unspecified atom stereocenters. The van der Waals surface area contributed by atoms with Gasteiger partial charge in [-0.25, -0.2) is 0 Å². The third kappa shape index (κ3) is 3.69. The number of rotatable bonds is 5. The van der Waals surface area contributed by atoms with Gasteiger partial charge in [0, 0.05) is 0 Å². The maximum atomic E-state index is 11.3. The Labute approximate surface area is 94.7 Å². The minimum Gasteiger partial charge on any atom is -0.453 e. The molecule has 0 aliphatic carbocycles. The third-order valence-corrected chi connectivity index (χ3v) is 1.99. The van der Waals surface area contributed by atoms with Crippen LogP contribution in [0.3, 0.4) is 0 Å². The molecule has 0 spiro atoms. The lowest BCUT2D eigenvalue weighted by Gasteiger charge is -2.13. The Bertz CT molecular complexity index is 381. The summed E-state index contributed by atoms with van der Waals surface area (Å²) >= 11 is 0. The van der Waals surface area contributed by atoms with Crippen molar-refractivity contribution in [3.8, 4) is 0 Å². The van der Waals surface area contributed by atoms with Gasteiger partial charge in [0.15, 0.2) is 0 Å². The number of ketones is 1. The van der Waals surface area contributed by atoms with Gasteiger partial charge in [-0.05, 0) is 18.6 Å². The second-order valence-electron chi connectivity index (χ2n) is 3.44. The number of ether oxygens (including phenoxy) is 1. The lowest BCUT2D eigenvalue weighted by atomic mass is 10.1. The Balaban J connectivity index is 2.66. The van der Waals surface area contributed by atoms with Gasteiger partial charge in [0.25, 0.3) is 0 Å². The number of carbonyl (C=O) groups excluding carboxylic acids is 2. The van der Waals surface area contributed by atoms with Gasteiger partial charge in [-0.1, -0.05) is 36.9 Å². The van der Waals surface area contributed by atoms with Crippen LogP contribution < -0.4 is 0 Å². The van der Waals surface area contributed by atoms with Crippen LogP contribution in [0, 0.1) is 0 Å². The summed E-state index contributed by atoms with van der Waals surface area (Å²) in [5, 5.41) is 0. The Hall–Kier alpha value is -1.90. The van der Waals surface area contributed by atoms with E-state index >= 15 is 0 Å². The van der Waals surface area contributed by atoms with Crippen LogP contribution in [0.15, 0.2) is 43.0 Å². The largest absolute Gasteiger partial charge is 0.453 e. The van der Waals surface area contributed by atoms with Gasteiger partial charge in [0.2, 0.25) is 0 Å². The second kappa shape index (κ2) is 5.85. The monoisotopic (exact) mass is 218 g/mol. The molecule has 1 aromatic carbocycles. The maximum Gasteiger partial charge on any atom is 0.314 e. The molecule has 16 heavy (non-hydrogen) atoms. The highest BCUT2D eigenvalue weighted by Crippen LogP contribution is 2.18. The third-order valence-electron chi connectivity index (χ3n) is 1.99. The smallest absolute Gasteiger partial charge is 0.314 e. The summed E-state index contributed by atoms with van der Waals surface area (Å²) in [4.78, 5) is 22.0. The van der Waals surface area contributed by atoms with E-state index < -0.39 is 12.1 Å². The number of esters is 1. The van der Waals surface area contributed by atoms with Crippen LogP contribution in [0.5, 0.6) is 0 Å². The van der Waals surface area contributed by atoms with Gasteiger partial charge in [-0.2, -0.15) is 0 Å². The minimum atomic E-state index is -0.527. The zero-order valence-electron chi connectivity index (χ0n) is 9.18. The predicted octanol–water partition coefficient (Wildman–Crippen LogP) is 2.44. The first-order chi connectivity index (χ1) is 7.63. The van der Waals surface area contributed by atoms with Crippen molar-refractivity contribution < 1.29 is 14.3 Å². The van der Waals surface area contributed by atoms with Crippen molar-refractivity contribution in [3.63, 3.8) is 0 Å². The van der Waals surface area contributed by atoms with Crippen LogP contribution >= 0.6 is 0 Å². The quantitative estimate of drug-likeness (QED) is 0.433. The van der Waals surface area contributed by atoms with E-state index in [9.17, 15) is 9.59 Å². The fourth-order valence-corrected chi connectivity index (χ4v) is 1.28. The number of hydrogen-bond donors (Lipinski definition) is 0. The molecule has 0 heterocycles. The molecule has 1 atom stereocenters. The highest BCUT2D eigenvalue weighted by Gasteiger charge is 2.14. The van der Waals surface area contributed by atoms with Gasteiger partial charge >= 0.3 is 5.97 Å². The average molecular weight is 218 g/mol. The van der Waals surface area contributed by atoms with Crippen LogP contribution in [0.1, 0.15) is 25.0 Å². The van der Waals surface area contributed by atoms with Gasteiger partial charge in [0.05, 0.1) is 0 Å². The first-order valence-corrected chi connectivity index (χ1v) is 5.00. The summed E-state index contributed by atoms with van der Waals surface area (Å²) in [6.45, 7) is 4.96. The molecule has 0 aliphatic rings. The Kier molecular flexibility index (Phi) is 4.45. The van der Waals surface area contributed by atoms with E-state index in [2.05, 4.69) is 6.58 Å². The molecule has 3 heteroatoms. The molecular formula is C13H14O3. The predicted molar refractivity (Wildman–Crippen MR) is 60.8 cm³/mol. The Morgan fingerprint density at radius 1 is 1.38 bits per heavy atom. The number of hydrogen-bond acceptors (Lipinski definition) is 3. The van der Waals surface area contributed by atoms with E-state index in [1.165, 1.54) is 13.0 Å². The van der Waals surface area contributed by atoms with Gasteiger partial charge < -0.3 is 4.74 Å². The molecule has 0 radical (unpaired) electrons. The molecule has 0 aromatic heterocycles. The SMILES string of the molecule is C=CC(OC(=O)CC(C)=O)c1ccccc1. The van der Waals surface area contributed by atoms with Crippen molar-refractivity contribution in [3.05, 3.63) is 48.6 Å². The summed E-state index contributed by atoms with van der Waals surface area (Å²) in [6.07, 6.45) is 0.845. The number of benzene rings is 1. The fourth-order valence-electron chi connectivity index (χ4n) is 1.28. The van der Waals surface area contributed by atoms with Crippen molar-refractivity contribution in [2.75, 3.05) is 0 Å². The average Bonchev–Trinajstić information content (AvgIpc) is 2.26. The van der Waals surface area contributed by atoms with Crippen LogP contribution in [-0.2, 0) is 14.3 Å². The lowest BCUT2D eigenvalue weighted by Crippen LogP contribution is -2.12. The van der Waals surface area contributed by atoms with Crippen molar-refractivity contribution in [2.45, 2.75) is 19.4 Å². The lowest BCUT2D eigenvalue weighted by molar-refractivity contribution is -0.148. The topological polar surface area (TPSA) is 43.4 Å². The van der Waals surface area contributed by atoms with E-state index in [1.807, 2.05) is 30.3 Å². The first kappa shape index (κ1) is 12.2. The summed E-state index contributed by atoms with van der Waals surface area (Å²) in [6, 6.07) is 9.26. The van der Waals surface area contributed by atoms with Gasteiger partial charge in [0.1, 0.15) is 18.3 Å². The molecular weight excluding hydrogens is 204 g/mol. The van der Waals surface area contributed by atoms with Crippen molar-refractivity contribution in [1.82, 2.24) is 0 Å². The second-order valence-corrected chi connectivity index (χ2v) is 3.44. The molecule has 0 saturated heterocycles. The highest BCUT2D eigenvalue weighted by molar-refractivity contribution is 5.94. The molecule has 1 rings (SSSR count). The number of carbonyl (C=O) groups is 2. The normalized spacial score (nSPS) is 11.6. The zero-order valence-corrected chi connectivity index (χ0v) is 9.18.